The van der Waals surface area contributed by atoms with E-state index >= 15 is 0 Å². The number of methoxy groups -OCH3 is 2. The number of nitrogens with zero attached hydrogens (tertiary/aromatic N) is 1. The molecule has 4 nitrogen and oxygen atoms in total. The van der Waals surface area contributed by atoms with Gasteiger partial charge in [-0.25, -0.2) is 0 Å². The Kier molecular flexibility index (Phi) is 5.84. The summed E-state index contributed by atoms with van der Waals surface area (Å²) in [6.07, 6.45) is 0.891. The van der Waals surface area contributed by atoms with E-state index in [1.807, 2.05) is 24.3 Å². The molecule has 0 aromatic heterocycles. The average molecular weight is 389 g/mol. The van der Waals surface area contributed by atoms with Gasteiger partial charge in [-0.2, -0.15) is 0 Å². The molecule has 150 valence electrons. The second kappa shape index (κ2) is 8.68. The van der Waals surface area contributed by atoms with Crippen molar-refractivity contribution in [2.45, 2.75) is 18.5 Å². The molecule has 29 heavy (non-hydrogen) atoms. The van der Waals surface area contributed by atoms with E-state index < -0.39 is 0 Å². The fraction of sp³-hybridized carbons (Fsp3) is 0.280. The minimum Gasteiger partial charge on any atom is -0.493 e. The lowest BCUT2D eigenvalue weighted by Crippen LogP contribution is -2.40. The number of aliphatic hydroxyl groups is 1. The normalized spacial score (nSPS) is 17.4. The monoisotopic (exact) mass is 389 g/mol. The molecule has 0 unspecified atom stereocenters. The van der Waals surface area contributed by atoms with Gasteiger partial charge in [0.2, 0.25) is 0 Å². The Morgan fingerprint density at radius 1 is 0.931 bits per heavy atom. The quantitative estimate of drug-likeness (QED) is 0.679. The Balaban J connectivity index is 1.85. The number of aliphatic hydroxyl groups excluding tert-OH is 1. The van der Waals surface area contributed by atoms with E-state index in [9.17, 15) is 5.11 Å². The summed E-state index contributed by atoms with van der Waals surface area (Å²) in [6, 6.07) is 24.9. The van der Waals surface area contributed by atoms with Gasteiger partial charge in [0.25, 0.3) is 0 Å². The number of hydrogen-bond donors (Lipinski definition) is 1. The molecule has 0 amide bonds. The number of ether oxygens (including phenoxy) is 2. The van der Waals surface area contributed by atoms with Crippen molar-refractivity contribution in [3.63, 3.8) is 0 Å². The Hall–Kier alpha value is -2.82. The number of hydrogen-bond acceptors (Lipinski definition) is 4. The van der Waals surface area contributed by atoms with Crippen LogP contribution < -0.4 is 9.47 Å². The van der Waals surface area contributed by atoms with Gasteiger partial charge in [-0.05, 0) is 40.8 Å². The van der Waals surface area contributed by atoms with E-state index in [0.717, 1.165) is 30.0 Å². The van der Waals surface area contributed by atoms with Crippen LogP contribution in [0.25, 0.3) is 0 Å². The standard InChI is InChI=1S/C25H27NO3/c1-28-23-15-20-13-14-26(22(17-27)18-9-5-3-6-10-18)25(19-11-7-4-8-12-19)21(20)16-24(23)29-2/h3-12,15-16,22,25,27H,13-14,17H2,1-2H3/t22-,25+/m0/s1. The van der Waals surface area contributed by atoms with Crippen LogP contribution in [0.4, 0.5) is 0 Å². The highest BCUT2D eigenvalue weighted by Crippen LogP contribution is 2.43. The highest BCUT2D eigenvalue weighted by Gasteiger charge is 2.34. The van der Waals surface area contributed by atoms with Crippen LogP contribution in [-0.2, 0) is 6.42 Å². The molecule has 1 heterocycles. The van der Waals surface area contributed by atoms with Gasteiger partial charge in [0.1, 0.15) is 0 Å². The van der Waals surface area contributed by atoms with Gasteiger partial charge in [0, 0.05) is 6.54 Å². The van der Waals surface area contributed by atoms with Crippen LogP contribution >= 0.6 is 0 Å². The Morgan fingerprint density at radius 2 is 1.55 bits per heavy atom. The van der Waals surface area contributed by atoms with Crippen molar-refractivity contribution >= 4 is 0 Å². The number of fused-ring (bicyclic) bond motifs is 1. The summed E-state index contributed by atoms with van der Waals surface area (Å²) in [5, 5.41) is 10.3. The van der Waals surface area contributed by atoms with Crippen LogP contribution in [0.1, 0.15) is 34.3 Å². The minimum atomic E-state index is -0.0809. The van der Waals surface area contributed by atoms with Crippen molar-refractivity contribution in [1.82, 2.24) is 4.90 Å². The van der Waals surface area contributed by atoms with Crippen LogP contribution in [0.3, 0.4) is 0 Å². The zero-order valence-electron chi connectivity index (χ0n) is 16.9. The second-order valence-electron chi connectivity index (χ2n) is 7.32. The lowest BCUT2D eigenvalue weighted by Gasteiger charge is -2.42. The first kappa shape index (κ1) is 19.5. The van der Waals surface area contributed by atoms with Gasteiger partial charge in [-0.15, -0.1) is 0 Å². The smallest absolute Gasteiger partial charge is 0.161 e. The Bertz CT molecular complexity index is 943. The summed E-state index contributed by atoms with van der Waals surface area (Å²) < 4.78 is 11.1. The molecule has 3 aromatic carbocycles. The van der Waals surface area contributed by atoms with Gasteiger partial charge >= 0.3 is 0 Å². The molecule has 1 aliphatic rings. The molecule has 0 spiro atoms. The van der Waals surface area contributed by atoms with Gasteiger partial charge in [0.15, 0.2) is 11.5 Å². The lowest BCUT2D eigenvalue weighted by atomic mass is 9.85. The van der Waals surface area contributed by atoms with Crippen molar-refractivity contribution in [3.8, 4) is 11.5 Å². The number of benzene rings is 3. The van der Waals surface area contributed by atoms with Crippen molar-refractivity contribution in [3.05, 3.63) is 95.1 Å². The zero-order chi connectivity index (χ0) is 20.2. The molecule has 4 heteroatoms. The summed E-state index contributed by atoms with van der Waals surface area (Å²) in [6.45, 7) is 0.915. The highest BCUT2D eigenvalue weighted by atomic mass is 16.5. The van der Waals surface area contributed by atoms with E-state index in [2.05, 4.69) is 53.4 Å². The molecule has 3 aromatic rings. The van der Waals surface area contributed by atoms with Crippen LogP contribution in [0, 0.1) is 0 Å². The highest BCUT2D eigenvalue weighted by molar-refractivity contribution is 5.52. The maximum atomic E-state index is 10.3. The molecular formula is C25H27NO3. The second-order valence-corrected chi connectivity index (χ2v) is 7.32. The molecule has 4 rings (SSSR count). The molecule has 0 aliphatic carbocycles. The first-order valence-corrected chi connectivity index (χ1v) is 9.98. The largest absolute Gasteiger partial charge is 0.493 e. The fourth-order valence-electron chi connectivity index (χ4n) is 4.38. The SMILES string of the molecule is COc1cc2c(cc1OC)[C@@H](c1ccccc1)N([C@@H](CO)c1ccccc1)CC2. The third-order valence-corrected chi connectivity index (χ3v) is 5.78. The van der Waals surface area contributed by atoms with Crippen LogP contribution in [0.2, 0.25) is 0 Å². The maximum absolute atomic E-state index is 10.3. The summed E-state index contributed by atoms with van der Waals surface area (Å²) in [7, 11) is 3.34. The third kappa shape index (κ3) is 3.74. The van der Waals surface area contributed by atoms with Gasteiger partial charge in [-0.1, -0.05) is 60.7 Å². The third-order valence-electron chi connectivity index (χ3n) is 5.78. The van der Waals surface area contributed by atoms with E-state index in [4.69, 9.17) is 9.47 Å². The maximum Gasteiger partial charge on any atom is 0.161 e. The van der Waals surface area contributed by atoms with Gasteiger partial charge in [-0.3, -0.25) is 4.90 Å². The van der Waals surface area contributed by atoms with E-state index in [-0.39, 0.29) is 18.7 Å². The van der Waals surface area contributed by atoms with E-state index in [0.29, 0.717) is 0 Å². The van der Waals surface area contributed by atoms with Crippen molar-refractivity contribution in [2.24, 2.45) is 0 Å². The fourth-order valence-corrected chi connectivity index (χ4v) is 4.38. The molecule has 0 saturated carbocycles. The summed E-state index contributed by atoms with van der Waals surface area (Å²) in [4.78, 5) is 2.40. The molecule has 1 aliphatic heterocycles. The molecule has 0 radical (unpaired) electrons. The van der Waals surface area contributed by atoms with Gasteiger partial charge in [0.05, 0.1) is 32.9 Å². The topological polar surface area (TPSA) is 41.9 Å². The van der Waals surface area contributed by atoms with Crippen LogP contribution in [0.5, 0.6) is 11.5 Å². The Morgan fingerprint density at radius 3 is 2.17 bits per heavy atom. The van der Waals surface area contributed by atoms with Crippen molar-refractivity contribution < 1.29 is 14.6 Å². The predicted molar refractivity (Wildman–Crippen MR) is 115 cm³/mol. The number of rotatable bonds is 6. The van der Waals surface area contributed by atoms with E-state index in [1.54, 1.807) is 14.2 Å². The molecular weight excluding hydrogens is 362 g/mol. The van der Waals surface area contributed by atoms with Crippen molar-refractivity contribution in [1.29, 1.82) is 0 Å². The summed E-state index contributed by atoms with van der Waals surface area (Å²) in [5.74, 6) is 1.49. The summed E-state index contributed by atoms with van der Waals surface area (Å²) >= 11 is 0. The van der Waals surface area contributed by atoms with E-state index in [1.165, 1.54) is 16.7 Å². The first-order chi connectivity index (χ1) is 14.3. The average Bonchev–Trinajstić information content (AvgIpc) is 2.79. The van der Waals surface area contributed by atoms with Crippen molar-refractivity contribution in [2.75, 3.05) is 27.4 Å². The first-order valence-electron chi connectivity index (χ1n) is 9.98. The lowest BCUT2D eigenvalue weighted by molar-refractivity contribution is 0.0901. The minimum absolute atomic E-state index is 0.0251. The zero-order valence-corrected chi connectivity index (χ0v) is 16.9. The van der Waals surface area contributed by atoms with Crippen LogP contribution in [-0.4, -0.2) is 37.4 Å². The van der Waals surface area contributed by atoms with Gasteiger partial charge < -0.3 is 14.6 Å². The molecule has 0 fully saturated rings. The Labute approximate surface area is 172 Å². The van der Waals surface area contributed by atoms with Crippen LogP contribution in [0.15, 0.2) is 72.8 Å². The molecule has 1 N–H and O–H groups in total. The predicted octanol–water partition coefficient (Wildman–Crippen LogP) is 4.38. The molecule has 0 saturated heterocycles. The molecule has 0 bridgehead atoms. The summed E-state index contributed by atoms with van der Waals surface area (Å²) in [5.41, 5.74) is 4.79. The molecule has 2 atom stereocenters.